The maximum atomic E-state index is 13.8. The fourth-order valence-corrected chi connectivity index (χ4v) is 2.53. The Balaban J connectivity index is 2.30. The molecule has 5 heteroatoms. The van der Waals surface area contributed by atoms with Crippen LogP contribution in [0.5, 0.6) is 0 Å². The Morgan fingerprint density at radius 3 is 2.84 bits per heavy atom. The quantitative estimate of drug-likeness (QED) is 0.855. The van der Waals surface area contributed by atoms with Gasteiger partial charge in [0.05, 0.1) is 12.2 Å². The summed E-state index contributed by atoms with van der Waals surface area (Å²) in [6, 6.07) is 5.94. The third kappa shape index (κ3) is 2.78. The summed E-state index contributed by atoms with van der Waals surface area (Å²) in [7, 11) is 0. The van der Waals surface area contributed by atoms with Crippen molar-refractivity contribution in [3.8, 4) is 6.07 Å². The number of halogens is 2. The van der Waals surface area contributed by atoms with Crippen LogP contribution in [-0.4, -0.2) is 18.0 Å². The summed E-state index contributed by atoms with van der Waals surface area (Å²) in [6.07, 6.45) is 0.670. The van der Waals surface area contributed by atoms with Crippen molar-refractivity contribution < 1.29 is 13.9 Å². The van der Waals surface area contributed by atoms with E-state index in [4.69, 9.17) is 16.3 Å². The maximum absolute atomic E-state index is 13.8. The number of hydrogen-bond donors (Lipinski definition) is 0. The molecule has 1 saturated heterocycles. The molecule has 3 unspecified atom stereocenters. The van der Waals surface area contributed by atoms with Crippen LogP contribution >= 0.6 is 11.6 Å². The van der Waals surface area contributed by atoms with Crippen LogP contribution in [0.3, 0.4) is 0 Å². The molecule has 0 aromatic heterocycles. The van der Waals surface area contributed by atoms with E-state index in [1.807, 2.05) is 13.0 Å². The first-order valence-corrected chi connectivity index (χ1v) is 6.45. The lowest BCUT2D eigenvalue weighted by Crippen LogP contribution is -2.27. The molecule has 2 rings (SSSR count). The number of rotatable bonds is 3. The van der Waals surface area contributed by atoms with Crippen molar-refractivity contribution >= 4 is 17.4 Å². The van der Waals surface area contributed by atoms with E-state index < -0.39 is 23.6 Å². The third-order valence-electron chi connectivity index (χ3n) is 3.25. The lowest BCUT2D eigenvalue weighted by Gasteiger charge is -2.16. The van der Waals surface area contributed by atoms with Gasteiger partial charge in [0.1, 0.15) is 17.8 Å². The van der Waals surface area contributed by atoms with Crippen LogP contribution < -0.4 is 0 Å². The van der Waals surface area contributed by atoms with Crippen LogP contribution in [0.1, 0.15) is 31.2 Å². The van der Waals surface area contributed by atoms with Crippen molar-refractivity contribution in [2.24, 2.45) is 0 Å². The molecule has 0 radical (unpaired) electrons. The van der Waals surface area contributed by atoms with Gasteiger partial charge in [0.2, 0.25) is 0 Å². The average Bonchev–Trinajstić information content (AvgIpc) is 2.80. The molecule has 0 spiro atoms. The lowest BCUT2D eigenvalue weighted by atomic mass is 9.91. The van der Waals surface area contributed by atoms with Crippen LogP contribution in [0.2, 0.25) is 5.02 Å². The molecule has 1 aromatic carbocycles. The van der Waals surface area contributed by atoms with Crippen molar-refractivity contribution in [2.75, 3.05) is 0 Å². The number of ether oxygens (including phenoxy) is 1. The standard InChI is InChI=1S/C14H13ClFNO2/c1-8-5-6-12(19-8)14(18)9(7-17)13-10(15)3-2-4-11(13)16/h2-4,8-9,12H,5-6H2,1H3. The number of nitriles is 1. The average molecular weight is 282 g/mol. The zero-order chi connectivity index (χ0) is 14.0. The fraction of sp³-hybridized carbons (Fsp3) is 0.429. The molecular formula is C14H13ClFNO2. The van der Waals surface area contributed by atoms with E-state index >= 15 is 0 Å². The minimum Gasteiger partial charge on any atom is -0.367 e. The number of ketones is 1. The number of Topliss-reactive ketones (excluding diaryl/α,β-unsaturated/α-hetero) is 1. The Morgan fingerprint density at radius 2 is 2.32 bits per heavy atom. The van der Waals surface area contributed by atoms with Crippen molar-refractivity contribution in [3.05, 3.63) is 34.6 Å². The van der Waals surface area contributed by atoms with Gasteiger partial charge in [-0.15, -0.1) is 0 Å². The molecule has 1 fully saturated rings. The van der Waals surface area contributed by atoms with Gasteiger partial charge in [0, 0.05) is 10.6 Å². The van der Waals surface area contributed by atoms with Gasteiger partial charge in [-0.25, -0.2) is 4.39 Å². The second-order valence-electron chi connectivity index (χ2n) is 4.61. The monoisotopic (exact) mass is 281 g/mol. The van der Waals surface area contributed by atoms with Crippen LogP contribution in [-0.2, 0) is 9.53 Å². The van der Waals surface area contributed by atoms with E-state index in [0.717, 1.165) is 6.42 Å². The first kappa shape index (κ1) is 14.0. The number of nitrogens with zero attached hydrogens (tertiary/aromatic N) is 1. The SMILES string of the molecule is CC1CCC(C(=O)C(C#N)c2c(F)cccc2Cl)O1. The Morgan fingerprint density at radius 1 is 1.58 bits per heavy atom. The Bertz CT molecular complexity index is 520. The Hall–Kier alpha value is -1.44. The zero-order valence-electron chi connectivity index (χ0n) is 10.4. The summed E-state index contributed by atoms with van der Waals surface area (Å²) in [5.74, 6) is -2.28. The van der Waals surface area contributed by atoms with Gasteiger partial charge in [-0.1, -0.05) is 17.7 Å². The Labute approximate surface area is 115 Å². The first-order valence-electron chi connectivity index (χ1n) is 6.07. The van der Waals surface area contributed by atoms with Crippen molar-refractivity contribution in [1.29, 1.82) is 5.26 Å². The van der Waals surface area contributed by atoms with Gasteiger partial charge in [0.25, 0.3) is 0 Å². The molecule has 3 nitrogen and oxygen atoms in total. The number of carbonyl (C=O) groups is 1. The van der Waals surface area contributed by atoms with Gasteiger partial charge in [-0.2, -0.15) is 5.26 Å². The molecule has 100 valence electrons. The van der Waals surface area contributed by atoms with Gasteiger partial charge in [0.15, 0.2) is 5.78 Å². The predicted octanol–water partition coefficient (Wildman–Crippen LogP) is 3.22. The summed E-state index contributed by atoms with van der Waals surface area (Å²) in [5, 5.41) is 9.26. The largest absolute Gasteiger partial charge is 0.367 e. The van der Waals surface area contributed by atoms with Crippen molar-refractivity contribution in [1.82, 2.24) is 0 Å². The molecule has 0 N–H and O–H groups in total. The zero-order valence-corrected chi connectivity index (χ0v) is 11.2. The highest BCUT2D eigenvalue weighted by Crippen LogP contribution is 2.31. The second kappa shape index (κ2) is 5.68. The summed E-state index contributed by atoms with van der Waals surface area (Å²) < 4.78 is 19.2. The van der Waals surface area contributed by atoms with Gasteiger partial charge >= 0.3 is 0 Å². The number of hydrogen-bond acceptors (Lipinski definition) is 3. The molecule has 0 saturated carbocycles. The second-order valence-corrected chi connectivity index (χ2v) is 5.02. The van der Waals surface area contributed by atoms with E-state index in [-0.39, 0.29) is 16.7 Å². The summed E-state index contributed by atoms with van der Waals surface area (Å²) >= 11 is 5.90. The Kier molecular flexibility index (Phi) is 4.18. The van der Waals surface area contributed by atoms with Crippen LogP contribution in [0, 0.1) is 17.1 Å². The van der Waals surface area contributed by atoms with E-state index in [1.54, 1.807) is 0 Å². The highest BCUT2D eigenvalue weighted by molar-refractivity contribution is 6.31. The first-order chi connectivity index (χ1) is 9.04. The van der Waals surface area contributed by atoms with E-state index in [2.05, 4.69) is 0 Å². The molecule has 1 heterocycles. The molecule has 0 aliphatic carbocycles. The van der Waals surface area contributed by atoms with Crippen molar-refractivity contribution in [3.63, 3.8) is 0 Å². The number of carbonyl (C=O) groups excluding carboxylic acids is 1. The highest BCUT2D eigenvalue weighted by atomic mass is 35.5. The van der Waals surface area contributed by atoms with Gasteiger partial charge < -0.3 is 4.74 Å². The van der Waals surface area contributed by atoms with Crippen molar-refractivity contribution in [2.45, 2.75) is 37.9 Å². The molecular weight excluding hydrogens is 269 g/mol. The normalized spacial score (nSPS) is 23.9. The predicted molar refractivity (Wildman–Crippen MR) is 68.3 cm³/mol. The fourth-order valence-electron chi connectivity index (χ4n) is 2.25. The van der Waals surface area contributed by atoms with Crippen LogP contribution in [0.15, 0.2) is 18.2 Å². The summed E-state index contributed by atoms with van der Waals surface area (Å²) in [4.78, 5) is 12.3. The van der Waals surface area contributed by atoms with Crippen LogP contribution in [0.4, 0.5) is 4.39 Å². The van der Waals surface area contributed by atoms with Gasteiger partial charge in [-0.3, -0.25) is 4.79 Å². The highest BCUT2D eigenvalue weighted by Gasteiger charge is 2.35. The third-order valence-corrected chi connectivity index (χ3v) is 3.58. The van der Waals surface area contributed by atoms with Crippen LogP contribution in [0.25, 0.3) is 0 Å². The van der Waals surface area contributed by atoms with E-state index in [9.17, 15) is 14.4 Å². The topological polar surface area (TPSA) is 50.1 Å². The smallest absolute Gasteiger partial charge is 0.183 e. The number of benzene rings is 1. The van der Waals surface area contributed by atoms with E-state index in [1.165, 1.54) is 18.2 Å². The molecule has 0 amide bonds. The molecule has 19 heavy (non-hydrogen) atoms. The van der Waals surface area contributed by atoms with Gasteiger partial charge in [-0.05, 0) is 31.9 Å². The minimum atomic E-state index is -1.22. The summed E-state index contributed by atoms with van der Waals surface area (Å²) in [5.41, 5.74) is -0.0557. The summed E-state index contributed by atoms with van der Waals surface area (Å²) in [6.45, 7) is 1.87. The lowest BCUT2D eigenvalue weighted by molar-refractivity contribution is -0.129. The molecule has 1 aliphatic heterocycles. The molecule has 3 atom stereocenters. The van der Waals surface area contributed by atoms with E-state index in [0.29, 0.717) is 6.42 Å². The molecule has 0 bridgehead atoms. The minimum absolute atomic E-state index is 0.00983. The maximum Gasteiger partial charge on any atom is 0.183 e. The molecule has 1 aliphatic rings. The molecule has 1 aromatic rings.